The fraction of sp³-hybridized carbons (Fsp3) is 0.455. The van der Waals surface area contributed by atoms with Gasteiger partial charge < -0.3 is 4.90 Å². The number of benzene rings is 1. The van der Waals surface area contributed by atoms with Gasteiger partial charge in [0, 0.05) is 5.56 Å². The lowest BCUT2D eigenvalue weighted by Crippen LogP contribution is -2.15. The average molecular weight is 313 g/mol. The minimum atomic E-state index is -0.653. The van der Waals surface area contributed by atoms with Crippen LogP contribution in [0.25, 0.3) is 0 Å². The number of halogens is 4. The van der Waals surface area contributed by atoms with E-state index in [-0.39, 0.29) is 10.0 Å². The lowest BCUT2D eigenvalue weighted by molar-refractivity contribution is 0.393. The first-order chi connectivity index (χ1) is 7.43. The quantitative estimate of drug-likeness (QED) is 0.601. The van der Waals surface area contributed by atoms with Crippen LogP contribution in [0.5, 0.6) is 0 Å². The molecule has 5 heteroatoms. The van der Waals surface area contributed by atoms with Gasteiger partial charge in [0.1, 0.15) is 11.6 Å². The van der Waals surface area contributed by atoms with Crippen LogP contribution < -0.4 is 0 Å². The second-order valence-corrected chi connectivity index (χ2v) is 5.20. The Hall–Kier alpha value is -0.190. The molecule has 0 radical (unpaired) electrons. The normalized spacial score (nSPS) is 13.2. The van der Waals surface area contributed by atoms with Gasteiger partial charge in [-0.25, -0.2) is 8.78 Å². The molecule has 1 aromatic rings. The van der Waals surface area contributed by atoms with Crippen molar-refractivity contribution in [2.24, 2.45) is 0 Å². The maximum Gasteiger partial charge on any atom is 0.144 e. The van der Waals surface area contributed by atoms with Gasteiger partial charge in [-0.05, 0) is 55.1 Å². The van der Waals surface area contributed by atoms with Crippen LogP contribution in [0.2, 0.25) is 0 Å². The zero-order chi connectivity index (χ0) is 12.3. The fourth-order valence-corrected chi connectivity index (χ4v) is 1.99. The van der Waals surface area contributed by atoms with E-state index >= 15 is 0 Å². The van der Waals surface area contributed by atoms with Gasteiger partial charge in [0.2, 0.25) is 0 Å². The predicted octanol–water partition coefficient (Wildman–Crippen LogP) is 3.96. The van der Waals surface area contributed by atoms with E-state index in [2.05, 4.69) is 15.9 Å². The first kappa shape index (κ1) is 13.9. The molecule has 0 heterocycles. The van der Waals surface area contributed by atoms with Gasteiger partial charge in [0.25, 0.3) is 0 Å². The van der Waals surface area contributed by atoms with E-state index in [9.17, 15) is 8.78 Å². The standard InChI is InChI=1S/C11H13BrClF2N/c1-16(2)6-5-8(13)10-9(14)4-3-7(12)11(10)15/h3-4,8H,5-6H2,1-2H3. The molecular weight excluding hydrogens is 299 g/mol. The van der Waals surface area contributed by atoms with Crippen molar-refractivity contribution in [3.63, 3.8) is 0 Å². The molecule has 1 unspecified atom stereocenters. The van der Waals surface area contributed by atoms with Crippen molar-refractivity contribution in [3.05, 3.63) is 33.8 Å². The monoisotopic (exact) mass is 311 g/mol. The van der Waals surface area contributed by atoms with E-state index in [1.807, 2.05) is 19.0 Å². The second-order valence-electron chi connectivity index (χ2n) is 3.82. The molecule has 0 N–H and O–H groups in total. The molecule has 0 bridgehead atoms. The van der Waals surface area contributed by atoms with Crippen molar-refractivity contribution < 1.29 is 8.78 Å². The summed E-state index contributed by atoms with van der Waals surface area (Å²) in [4.78, 5) is 1.92. The van der Waals surface area contributed by atoms with Crippen molar-refractivity contribution in [2.45, 2.75) is 11.8 Å². The average Bonchev–Trinajstić information content (AvgIpc) is 2.21. The highest BCUT2D eigenvalue weighted by atomic mass is 79.9. The zero-order valence-corrected chi connectivity index (χ0v) is 11.4. The molecule has 0 aliphatic carbocycles. The fourth-order valence-electron chi connectivity index (χ4n) is 1.35. The molecule has 0 amide bonds. The molecular formula is C11H13BrClF2N. The summed E-state index contributed by atoms with van der Waals surface area (Å²) in [5, 5.41) is -0.653. The van der Waals surface area contributed by atoms with Crippen molar-refractivity contribution in [1.29, 1.82) is 0 Å². The molecule has 0 spiro atoms. The summed E-state index contributed by atoms with van der Waals surface area (Å²) in [6.07, 6.45) is 0.499. The smallest absolute Gasteiger partial charge is 0.144 e. The molecule has 1 nitrogen and oxygen atoms in total. The lowest BCUT2D eigenvalue weighted by Gasteiger charge is -2.15. The van der Waals surface area contributed by atoms with Gasteiger partial charge in [-0.2, -0.15) is 0 Å². The van der Waals surface area contributed by atoms with Crippen LogP contribution in [0.4, 0.5) is 8.78 Å². The van der Waals surface area contributed by atoms with E-state index in [0.29, 0.717) is 13.0 Å². The molecule has 1 atom stereocenters. The van der Waals surface area contributed by atoms with Crippen LogP contribution in [0.1, 0.15) is 17.4 Å². The van der Waals surface area contributed by atoms with Crippen LogP contribution in [0.3, 0.4) is 0 Å². The molecule has 1 aromatic carbocycles. The molecule has 0 aliphatic heterocycles. The summed E-state index contributed by atoms with van der Waals surface area (Å²) in [6.45, 7) is 0.680. The van der Waals surface area contributed by atoms with Crippen LogP contribution >= 0.6 is 27.5 Å². The molecule has 90 valence electrons. The Bertz CT molecular complexity index is 371. The maximum absolute atomic E-state index is 13.7. The Morgan fingerprint density at radius 1 is 1.38 bits per heavy atom. The van der Waals surface area contributed by atoms with Crippen molar-refractivity contribution >= 4 is 27.5 Å². The summed E-state index contributed by atoms with van der Waals surface area (Å²) in [7, 11) is 3.77. The molecule has 0 saturated heterocycles. The number of hydrogen-bond donors (Lipinski definition) is 0. The van der Waals surface area contributed by atoms with Crippen LogP contribution in [0.15, 0.2) is 16.6 Å². The number of alkyl halides is 1. The second kappa shape index (κ2) is 5.94. The Balaban J connectivity index is 2.90. The molecule has 0 saturated carbocycles. The molecule has 0 aliphatic rings. The van der Waals surface area contributed by atoms with Gasteiger partial charge in [-0.1, -0.05) is 0 Å². The van der Waals surface area contributed by atoms with Gasteiger partial charge in [0.05, 0.1) is 9.85 Å². The maximum atomic E-state index is 13.7. The largest absolute Gasteiger partial charge is 0.309 e. The van der Waals surface area contributed by atoms with Gasteiger partial charge in [-0.3, -0.25) is 0 Å². The Morgan fingerprint density at radius 2 is 2.00 bits per heavy atom. The van der Waals surface area contributed by atoms with Gasteiger partial charge >= 0.3 is 0 Å². The Morgan fingerprint density at radius 3 is 2.56 bits per heavy atom. The SMILES string of the molecule is CN(C)CCC(Cl)c1c(F)ccc(Br)c1F. The third kappa shape index (κ3) is 3.40. The van der Waals surface area contributed by atoms with Crippen LogP contribution in [0, 0.1) is 11.6 Å². The first-order valence-electron chi connectivity index (χ1n) is 4.85. The number of nitrogens with zero attached hydrogens (tertiary/aromatic N) is 1. The lowest BCUT2D eigenvalue weighted by atomic mass is 10.1. The third-order valence-electron chi connectivity index (χ3n) is 2.22. The molecule has 0 fully saturated rings. The predicted molar refractivity (Wildman–Crippen MR) is 65.8 cm³/mol. The Labute approximate surface area is 108 Å². The molecule has 1 rings (SSSR count). The van der Waals surface area contributed by atoms with Crippen molar-refractivity contribution in [1.82, 2.24) is 4.90 Å². The third-order valence-corrected chi connectivity index (χ3v) is 3.27. The van der Waals surface area contributed by atoms with E-state index in [0.717, 1.165) is 0 Å². The topological polar surface area (TPSA) is 3.24 Å². The van der Waals surface area contributed by atoms with Crippen molar-refractivity contribution in [3.8, 4) is 0 Å². The molecule has 16 heavy (non-hydrogen) atoms. The zero-order valence-electron chi connectivity index (χ0n) is 9.11. The van der Waals surface area contributed by atoms with Crippen LogP contribution in [-0.4, -0.2) is 25.5 Å². The van der Waals surface area contributed by atoms with E-state index in [1.54, 1.807) is 0 Å². The summed E-state index contributed by atoms with van der Waals surface area (Å²) < 4.78 is 27.3. The van der Waals surface area contributed by atoms with Gasteiger partial charge in [-0.15, -0.1) is 11.6 Å². The minimum Gasteiger partial charge on any atom is -0.309 e. The highest BCUT2D eigenvalue weighted by molar-refractivity contribution is 9.10. The minimum absolute atomic E-state index is 0.0575. The summed E-state index contributed by atoms with van der Waals surface area (Å²) in [6, 6.07) is 2.55. The van der Waals surface area contributed by atoms with E-state index in [1.165, 1.54) is 12.1 Å². The summed E-state index contributed by atoms with van der Waals surface area (Å²) >= 11 is 9.02. The first-order valence-corrected chi connectivity index (χ1v) is 6.08. The van der Waals surface area contributed by atoms with Crippen molar-refractivity contribution in [2.75, 3.05) is 20.6 Å². The van der Waals surface area contributed by atoms with Crippen LogP contribution in [-0.2, 0) is 0 Å². The van der Waals surface area contributed by atoms with E-state index in [4.69, 9.17) is 11.6 Å². The number of rotatable bonds is 4. The molecule has 0 aromatic heterocycles. The Kier molecular flexibility index (Phi) is 5.15. The van der Waals surface area contributed by atoms with Gasteiger partial charge in [0.15, 0.2) is 0 Å². The summed E-state index contributed by atoms with van der Waals surface area (Å²) in [5.74, 6) is -1.21. The highest BCUT2D eigenvalue weighted by Crippen LogP contribution is 2.32. The van der Waals surface area contributed by atoms with E-state index < -0.39 is 17.0 Å². The summed E-state index contributed by atoms with van der Waals surface area (Å²) in [5.41, 5.74) is -0.0575. The highest BCUT2D eigenvalue weighted by Gasteiger charge is 2.20. The number of hydrogen-bond acceptors (Lipinski definition) is 1.